The van der Waals surface area contributed by atoms with Gasteiger partial charge in [-0.1, -0.05) is 0 Å². The molecule has 1 amide bonds. The maximum atomic E-state index is 11.4. The van der Waals surface area contributed by atoms with Crippen LogP contribution >= 0.6 is 0 Å². The number of fused-ring (bicyclic) bond motifs is 1. The zero-order valence-corrected chi connectivity index (χ0v) is 14.9. The average molecular weight is 359 g/mol. The molecule has 0 saturated heterocycles. The van der Waals surface area contributed by atoms with Crippen LogP contribution in [0, 0.1) is 0 Å². The molecule has 2 N–H and O–H groups in total. The standard InChI is InChI=1S/C20H17N5O2/c1-12(26)24-17-10-13(5-8-22-17)19-18(16-11-14(27-2)6-9-21-16)20-15(25-19)4-3-7-23-20/h3-11,25H,1-2H3,(H,22,24,26). The first-order valence-corrected chi connectivity index (χ1v) is 8.37. The number of hydrogen-bond acceptors (Lipinski definition) is 5. The van der Waals surface area contributed by atoms with E-state index in [9.17, 15) is 4.79 Å². The first kappa shape index (κ1) is 16.7. The molecule has 0 radical (unpaired) electrons. The summed E-state index contributed by atoms with van der Waals surface area (Å²) in [7, 11) is 1.62. The maximum Gasteiger partial charge on any atom is 0.222 e. The Labute approximate surface area is 155 Å². The minimum Gasteiger partial charge on any atom is -0.497 e. The molecule has 0 spiro atoms. The number of hydrogen-bond donors (Lipinski definition) is 2. The highest BCUT2D eigenvalue weighted by Gasteiger charge is 2.18. The Kier molecular flexibility index (Phi) is 4.25. The highest BCUT2D eigenvalue weighted by Crippen LogP contribution is 2.37. The molecule has 4 aromatic rings. The summed E-state index contributed by atoms with van der Waals surface area (Å²) in [4.78, 5) is 28.0. The highest BCUT2D eigenvalue weighted by atomic mass is 16.5. The molecule has 0 aliphatic heterocycles. The van der Waals surface area contributed by atoms with E-state index in [1.165, 1.54) is 6.92 Å². The second kappa shape index (κ2) is 6.87. The third-order valence-corrected chi connectivity index (χ3v) is 4.13. The lowest BCUT2D eigenvalue weighted by atomic mass is 10.0. The minimum atomic E-state index is -0.173. The van der Waals surface area contributed by atoms with Crippen LogP contribution in [0.15, 0.2) is 55.0 Å². The van der Waals surface area contributed by atoms with Gasteiger partial charge in [0.2, 0.25) is 5.91 Å². The second-order valence-electron chi connectivity index (χ2n) is 5.97. The van der Waals surface area contributed by atoms with E-state index in [-0.39, 0.29) is 5.91 Å². The van der Waals surface area contributed by atoms with Gasteiger partial charge in [-0.05, 0) is 30.3 Å². The lowest BCUT2D eigenvalue weighted by Gasteiger charge is -2.08. The third-order valence-electron chi connectivity index (χ3n) is 4.13. The van der Waals surface area contributed by atoms with Gasteiger partial charge < -0.3 is 15.0 Å². The Morgan fingerprint density at radius 1 is 1.07 bits per heavy atom. The summed E-state index contributed by atoms with van der Waals surface area (Å²) < 4.78 is 5.35. The Morgan fingerprint density at radius 3 is 2.74 bits per heavy atom. The molecule has 0 aromatic carbocycles. The number of carbonyl (C=O) groups is 1. The van der Waals surface area contributed by atoms with E-state index < -0.39 is 0 Å². The van der Waals surface area contributed by atoms with E-state index in [1.54, 1.807) is 31.8 Å². The van der Waals surface area contributed by atoms with Crippen LogP contribution in [0.25, 0.3) is 33.5 Å². The van der Waals surface area contributed by atoms with Gasteiger partial charge in [0.25, 0.3) is 0 Å². The molecule has 0 bridgehead atoms. The summed E-state index contributed by atoms with van der Waals surface area (Å²) in [6.45, 7) is 1.45. The number of ether oxygens (including phenoxy) is 1. The number of methoxy groups -OCH3 is 1. The molecular weight excluding hydrogens is 342 g/mol. The van der Waals surface area contributed by atoms with Crippen LogP contribution in [-0.2, 0) is 4.79 Å². The number of nitrogens with zero attached hydrogens (tertiary/aromatic N) is 3. The van der Waals surface area contributed by atoms with E-state index in [4.69, 9.17) is 4.74 Å². The van der Waals surface area contributed by atoms with Crippen LogP contribution in [0.5, 0.6) is 5.75 Å². The van der Waals surface area contributed by atoms with E-state index in [1.807, 2.05) is 30.3 Å². The fourth-order valence-corrected chi connectivity index (χ4v) is 3.00. The van der Waals surface area contributed by atoms with Crippen molar-refractivity contribution >= 4 is 22.8 Å². The molecule has 134 valence electrons. The number of amides is 1. The number of H-pyrrole nitrogens is 1. The number of aromatic amines is 1. The number of carbonyl (C=O) groups excluding carboxylic acids is 1. The van der Waals surface area contributed by atoms with Crippen LogP contribution in [0.2, 0.25) is 0 Å². The van der Waals surface area contributed by atoms with Crippen molar-refractivity contribution in [2.45, 2.75) is 6.92 Å². The Balaban J connectivity index is 1.94. The summed E-state index contributed by atoms with van der Waals surface area (Å²) in [5.74, 6) is 1.02. The summed E-state index contributed by atoms with van der Waals surface area (Å²) >= 11 is 0. The zero-order chi connectivity index (χ0) is 18.8. The Hall–Kier alpha value is -3.74. The van der Waals surface area contributed by atoms with Crippen molar-refractivity contribution in [3.05, 3.63) is 55.0 Å². The zero-order valence-electron chi connectivity index (χ0n) is 14.9. The van der Waals surface area contributed by atoms with Crippen LogP contribution in [0.3, 0.4) is 0 Å². The molecule has 4 rings (SSSR count). The smallest absolute Gasteiger partial charge is 0.222 e. The van der Waals surface area contributed by atoms with Gasteiger partial charge in [-0.3, -0.25) is 14.8 Å². The predicted molar refractivity (Wildman–Crippen MR) is 103 cm³/mol. The van der Waals surface area contributed by atoms with Gasteiger partial charge in [0.1, 0.15) is 11.6 Å². The van der Waals surface area contributed by atoms with Crippen LogP contribution < -0.4 is 10.1 Å². The van der Waals surface area contributed by atoms with Gasteiger partial charge in [0.15, 0.2) is 0 Å². The molecule has 0 aliphatic carbocycles. The lowest BCUT2D eigenvalue weighted by Crippen LogP contribution is -2.07. The van der Waals surface area contributed by atoms with Crippen molar-refractivity contribution in [3.63, 3.8) is 0 Å². The topological polar surface area (TPSA) is 92.8 Å². The van der Waals surface area contributed by atoms with Gasteiger partial charge in [-0.25, -0.2) is 4.98 Å². The van der Waals surface area contributed by atoms with Crippen molar-refractivity contribution in [2.24, 2.45) is 0 Å². The molecule has 0 fully saturated rings. The number of rotatable bonds is 4. The van der Waals surface area contributed by atoms with Crippen LogP contribution in [0.1, 0.15) is 6.92 Å². The second-order valence-corrected chi connectivity index (χ2v) is 5.97. The summed E-state index contributed by atoms with van der Waals surface area (Å²) in [6.07, 6.45) is 5.11. The quantitative estimate of drug-likeness (QED) is 0.580. The number of aromatic nitrogens is 4. The highest BCUT2D eigenvalue weighted by molar-refractivity contribution is 6.01. The third kappa shape index (κ3) is 3.22. The van der Waals surface area contributed by atoms with Crippen molar-refractivity contribution in [1.29, 1.82) is 0 Å². The first-order valence-electron chi connectivity index (χ1n) is 8.37. The lowest BCUT2D eigenvalue weighted by molar-refractivity contribution is -0.114. The molecule has 4 heterocycles. The van der Waals surface area contributed by atoms with Gasteiger partial charge in [-0.15, -0.1) is 0 Å². The summed E-state index contributed by atoms with van der Waals surface area (Å²) in [5.41, 5.74) is 5.03. The minimum absolute atomic E-state index is 0.173. The van der Waals surface area contributed by atoms with E-state index in [0.717, 1.165) is 33.5 Å². The first-order chi connectivity index (χ1) is 13.2. The Bertz CT molecular complexity index is 1140. The molecule has 0 saturated carbocycles. The van der Waals surface area contributed by atoms with Gasteiger partial charge in [0, 0.05) is 37.1 Å². The normalized spacial score (nSPS) is 10.7. The molecule has 7 nitrogen and oxygen atoms in total. The van der Waals surface area contributed by atoms with Crippen molar-refractivity contribution in [3.8, 4) is 28.3 Å². The average Bonchev–Trinajstić information content (AvgIpc) is 3.07. The molecule has 7 heteroatoms. The number of anilines is 1. The monoisotopic (exact) mass is 359 g/mol. The molecule has 0 atom stereocenters. The molecule has 0 unspecified atom stereocenters. The fraction of sp³-hybridized carbons (Fsp3) is 0.100. The fourth-order valence-electron chi connectivity index (χ4n) is 3.00. The van der Waals surface area contributed by atoms with E-state index in [0.29, 0.717) is 11.6 Å². The molecule has 4 aromatic heterocycles. The SMILES string of the molecule is COc1ccnc(-c2c(-c3ccnc(NC(C)=O)c3)[nH]c3cccnc23)c1. The van der Waals surface area contributed by atoms with Crippen LogP contribution in [0.4, 0.5) is 5.82 Å². The van der Waals surface area contributed by atoms with E-state index in [2.05, 4.69) is 25.3 Å². The maximum absolute atomic E-state index is 11.4. The molecular formula is C20H17N5O2. The summed E-state index contributed by atoms with van der Waals surface area (Å²) in [6, 6.07) is 11.2. The Morgan fingerprint density at radius 2 is 1.93 bits per heavy atom. The number of pyridine rings is 3. The summed E-state index contributed by atoms with van der Waals surface area (Å²) in [5, 5.41) is 2.71. The van der Waals surface area contributed by atoms with Crippen LogP contribution in [-0.4, -0.2) is 33.0 Å². The van der Waals surface area contributed by atoms with Crippen molar-refractivity contribution < 1.29 is 9.53 Å². The largest absolute Gasteiger partial charge is 0.497 e. The van der Waals surface area contributed by atoms with E-state index >= 15 is 0 Å². The predicted octanol–water partition coefficient (Wildman–Crippen LogP) is 3.65. The molecule has 27 heavy (non-hydrogen) atoms. The van der Waals surface area contributed by atoms with Crippen molar-refractivity contribution in [2.75, 3.05) is 12.4 Å². The molecule has 0 aliphatic rings. The van der Waals surface area contributed by atoms with Gasteiger partial charge in [-0.2, -0.15) is 0 Å². The van der Waals surface area contributed by atoms with Gasteiger partial charge in [0.05, 0.1) is 35.1 Å². The number of nitrogens with one attached hydrogen (secondary N) is 2. The van der Waals surface area contributed by atoms with Gasteiger partial charge >= 0.3 is 0 Å². The van der Waals surface area contributed by atoms with Crippen molar-refractivity contribution in [1.82, 2.24) is 19.9 Å².